The van der Waals surface area contributed by atoms with E-state index < -0.39 is 4.92 Å². The molecule has 3 rings (SSSR count). The number of benzene rings is 1. The van der Waals surface area contributed by atoms with Gasteiger partial charge in [0.25, 0.3) is 0 Å². The number of hydrogen-bond donors (Lipinski definition) is 2. The summed E-state index contributed by atoms with van der Waals surface area (Å²) in [6.45, 7) is 1.45. The second-order valence-corrected chi connectivity index (χ2v) is 5.31. The summed E-state index contributed by atoms with van der Waals surface area (Å²) in [6.07, 6.45) is 4.33. The van der Waals surface area contributed by atoms with Crippen LogP contribution in [0.3, 0.4) is 0 Å². The molecule has 2 aromatic heterocycles. The standard InChI is InChI=1S/C17H14N6O3/c1-11(24)12-4-2-5-13(8-12)21-16-15(23(25)26)17(20-10-19-16)22-14-6-3-7-18-9-14/h2-10H,1H3,(H2,19,20,21,22). The quantitative estimate of drug-likeness (QED) is 0.393. The fraction of sp³-hybridized carbons (Fsp3) is 0.0588. The number of nitrogens with one attached hydrogen (secondary N) is 2. The SMILES string of the molecule is CC(=O)c1cccc(Nc2ncnc(Nc3cccnc3)c2[N+](=O)[O-])c1. The van der Waals surface area contributed by atoms with Gasteiger partial charge in [-0.05, 0) is 31.2 Å². The van der Waals surface area contributed by atoms with Crippen molar-refractivity contribution >= 4 is 34.5 Å². The molecule has 130 valence electrons. The third kappa shape index (κ3) is 3.78. The summed E-state index contributed by atoms with van der Waals surface area (Å²) >= 11 is 0. The van der Waals surface area contributed by atoms with Gasteiger partial charge in [-0.2, -0.15) is 0 Å². The molecule has 0 aliphatic carbocycles. The Kier molecular flexibility index (Phi) is 4.79. The Morgan fingerprint density at radius 1 is 1.08 bits per heavy atom. The molecule has 0 saturated heterocycles. The number of ketones is 1. The molecule has 9 heteroatoms. The van der Waals surface area contributed by atoms with Crippen molar-refractivity contribution in [2.75, 3.05) is 10.6 Å². The first kappa shape index (κ1) is 17.0. The second-order valence-electron chi connectivity index (χ2n) is 5.31. The summed E-state index contributed by atoms with van der Waals surface area (Å²) in [6, 6.07) is 10.0. The number of carbonyl (C=O) groups excluding carboxylic acids is 1. The molecule has 0 amide bonds. The molecule has 0 bridgehead atoms. The van der Waals surface area contributed by atoms with E-state index in [2.05, 4.69) is 25.6 Å². The Balaban J connectivity index is 1.97. The topological polar surface area (TPSA) is 123 Å². The zero-order valence-corrected chi connectivity index (χ0v) is 13.7. The van der Waals surface area contributed by atoms with E-state index in [1.54, 1.807) is 42.6 Å². The summed E-state index contributed by atoms with van der Waals surface area (Å²) in [7, 11) is 0. The van der Waals surface area contributed by atoms with Crippen LogP contribution in [0.2, 0.25) is 0 Å². The molecule has 0 aliphatic rings. The first-order chi connectivity index (χ1) is 12.5. The molecule has 0 atom stereocenters. The number of pyridine rings is 1. The molecule has 0 aliphatic heterocycles. The Morgan fingerprint density at radius 2 is 1.77 bits per heavy atom. The lowest BCUT2D eigenvalue weighted by molar-refractivity contribution is -0.383. The van der Waals surface area contributed by atoms with Crippen molar-refractivity contribution in [2.45, 2.75) is 6.92 Å². The van der Waals surface area contributed by atoms with E-state index in [4.69, 9.17) is 0 Å². The minimum atomic E-state index is -0.574. The van der Waals surface area contributed by atoms with Gasteiger partial charge in [-0.25, -0.2) is 9.97 Å². The number of rotatable bonds is 6. The van der Waals surface area contributed by atoms with Crippen LogP contribution in [0.25, 0.3) is 0 Å². The number of nitrogens with zero attached hydrogens (tertiary/aromatic N) is 4. The molecule has 0 fully saturated rings. The Bertz CT molecular complexity index is 962. The van der Waals surface area contributed by atoms with Crippen molar-refractivity contribution in [3.8, 4) is 0 Å². The summed E-state index contributed by atoms with van der Waals surface area (Å²) in [5, 5.41) is 17.3. The average Bonchev–Trinajstić information content (AvgIpc) is 2.62. The zero-order valence-electron chi connectivity index (χ0n) is 13.7. The van der Waals surface area contributed by atoms with Gasteiger partial charge in [0, 0.05) is 17.4 Å². The van der Waals surface area contributed by atoms with Crippen LogP contribution in [0.5, 0.6) is 0 Å². The first-order valence-corrected chi connectivity index (χ1v) is 7.59. The van der Waals surface area contributed by atoms with E-state index in [0.29, 0.717) is 16.9 Å². The molecule has 0 saturated carbocycles. The van der Waals surface area contributed by atoms with Crippen LogP contribution in [0, 0.1) is 10.1 Å². The summed E-state index contributed by atoms with van der Waals surface area (Å²) < 4.78 is 0. The average molecular weight is 350 g/mol. The number of nitro groups is 1. The van der Waals surface area contributed by atoms with Gasteiger partial charge >= 0.3 is 5.69 Å². The fourth-order valence-electron chi connectivity index (χ4n) is 2.26. The number of Topliss-reactive ketones (excluding diaryl/α,β-unsaturated/α-hetero) is 1. The number of hydrogen-bond acceptors (Lipinski definition) is 8. The van der Waals surface area contributed by atoms with Gasteiger partial charge < -0.3 is 10.6 Å². The molecule has 0 radical (unpaired) electrons. The van der Waals surface area contributed by atoms with E-state index in [1.807, 2.05) is 0 Å². The van der Waals surface area contributed by atoms with Gasteiger partial charge in [-0.1, -0.05) is 12.1 Å². The highest BCUT2D eigenvalue weighted by molar-refractivity contribution is 5.95. The summed E-state index contributed by atoms with van der Waals surface area (Å²) in [5.74, 6) is -0.0647. The van der Waals surface area contributed by atoms with Gasteiger partial charge in [0.05, 0.1) is 16.8 Å². The van der Waals surface area contributed by atoms with Gasteiger partial charge in [-0.3, -0.25) is 19.9 Å². The smallest absolute Gasteiger partial charge is 0.334 e. The summed E-state index contributed by atoms with van der Waals surface area (Å²) in [4.78, 5) is 34.4. The van der Waals surface area contributed by atoms with Crippen molar-refractivity contribution < 1.29 is 9.72 Å². The molecule has 0 unspecified atom stereocenters. The van der Waals surface area contributed by atoms with Crippen LogP contribution in [0.1, 0.15) is 17.3 Å². The maximum atomic E-state index is 11.6. The van der Waals surface area contributed by atoms with E-state index in [9.17, 15) is 14.9 Å². The van der Waals surface area contributed by atoms with Crippen LogP contribution in [-0.2, 0) is 0 Å². The molecule has 3 aromatic rings. The van der Waals surface area contributed by atoms with E-state index in [1.165, 1.54) is 19.4 Å². The maximum Gasteiger partial charge on any atom is 0.353 e. The molecule has 9 nitrogen and oxygen atoms in total. The van der Waals surface area contributed by atoms with Crippen molar-refractivity contribution in [2.24, 2.45) is 0 Å². The van der Waals surface area contributed by atoms with Crippen LogP contribution >= 0.6 is 0 Å². The molecule has 26 heavy (non-hydrogen) atoms. The van der Waals surface area contributed by atoms with Crippen molar-refractivity contribution in [1.29, 1.82) is 0 Å². The first-order valence-electron chi connectivity index (χ1n) is 7.59. The second kappa shape index (κ2) is 7.34. The molecular weight excluding hydrogens is 336 g/mol. The van der Waals surface area contributed by atoms with Crippen molar-refractivity contribution in [3.63, 3.8) is 0 Å². The van der Waals surface area contributed by atoms with Crippen LogP contribution in [0.4, 0.5) is 28.7 Å². The number of carbonyl (C=O) groups is 1. The largest absolute Gasteiger partial charge is 0.353 e. The highest BCUT2D eigenvalue weighted by atomic mass is 16.6. The minimum Gasteiger partial charge on any atom is -0.334 e. The number of anilines is 4. The zero-order chi connectivity index (χ0) is 18.5. The van der Waals surface area contributed by atoms with Gasteiger partial charge in [0.1, 0.15) is 6.33 Å². The van der Waals surface area contributed by atoms with Crippen LogP contribution in [0.15, 0.2) is 55.1 Å². The lowest BCUT2D eigenvalue weighted by Gasteiger charge is -2.10. The van der Waals surface area contributed by atoms with Gasteiger partial charge in [-0.15, -0.1) is 0 Å². The predicted octanol–water partition coefficient (Wildman–Crippen LogP) is 3.47. The predicted molar refractivity (Wildman–Crippen MR) is 95.9 cm³/mol. The summed E-state index contributed by atoms with van der Waals surface area (Å²) in [5.41, 5.74) is 1.23. The lowest BCUT2D eigenvalue weighted by Crippen LogP contribution is -2.06. The fourth-order valence-corrected chi connectivity index (χ4v) is 2.26. The Morgan fingerprint density at radius 3 is 2.38 bits per heavy atom. The Labute approximate surface area is 148 Å². The molecular formula is C17H14N6O3. The highest BCUT2D eigenvalue weighted by Crippen LogP contribution is 2.32. The molecule has 2 N–H and O–H groups in total. The van der Waals surface area contributed by atoms with E-state index >= 15 is 0 Å². The minimum absolute atomic E-state index is 0.0112. The third-order valence-electron chi connectivity index (χ3n) is 3.46. The third-order valence-corrected chi connectivity index (χ3v) is 3.46. The van der Waals surface area contributed by atoms with Crippen LogP contribution < -0.4 is 10.6 Å². The van der Waals surface area contributed by atoms with Gasteiger partial charge in [0.2, 0.25) is 11.6 Å². The van der Waals surface area contributed by atoms with Crippen molar-refractivity contribution in [1.82, 2.24) is 15.0 Å². The van der Waals surface area contributed by atoms with Crippen LogP contribution in [-0.4, -0.2) is 25.7 Å². The monoisotopic (exact) mass is 350 g/mol. The number of aromatic nitrogens is 3. The lowest BCUT2D eigenvalue weighted by atomic mass is 10.1. The highest BCUT2D eigenvalue weighted by Gasteiger charge is 2.23. The van der Waals surface area contributed by atoms with E-state index in [-0.39, 0.29) is 23.1 Å². The van der Waals surface area contributed by atoms with E-state index in [0.717, 1.165) is 0 Å². The van der Waals surface area contributed by atoms with Crippen molar-refractivity contribution in [3.05, 3.63) is 70.8 Å². The Hall–Kier alpha value is -3.88. The molecule has 1 aromatic carbocycles. The maximum absolute atomic E-state index is 11.6. The van der Waals surface area contributed by atoms with Gasteiger partial charge in [0.15, 0.2) is 5.78 Å². The molecule has 0 spiro atoms. The normalized spacial score (nSPS) is 10.2. The molecule has 2 heterocycles.